The van der Waals surface area contributed by atoms with Crippen molar-refractivity contribution < 1.29 is 19.4 Å². The van der Waals surface area contributed by atoms with E-state index in [1.54, 1.807) is 18.3 Å². The Kier molecular flexibility index (Phi) is 2.94. The van der Waals surface area contributed by atoms with Crippen LogP contribution in [0, 0.1) is 11.8 Å². The molecule has 0 spiro atoms. The summed E-state index contributed by atoms with van der Waals surface area (Å²) in [7, 11) is 0. The fourth-order valence-corrected chi connectivity index (χ4v) is 2.97. The molecule has 2 aliphatic rings. The maximum absolute atomic E-state index is 12.2. The number of carboxylic acids is 1. The summed E-state index contributed by atoms with van der Waals surface area (Å²) < 4.78 is 5.52. The minimum atomic E-state index is -1.21. The summed E-state index contributed by atoms with van der Waals surface area (Å²) in [5, 5.41) is 13.9. The third-order valence-electron chi connectivity index (χ3n) is 3.78. The molecule has 0 saturated carbocycles. The largest absolute Gasteiger partial charge is 0.550 e. The topological polar surface area (TPSA) is 91.4 Å². The summed E-state index contributed by atoms with van der Waals surface area (Å²) in [6.07, 6.45) is 3.81. The third kappa shape index (κ3) is 2.08. The first kappa shape index (κ1) is 12.1. The predicted octanol–water partition coefficient (Wildman–Crippen LogP) is -0.436. The van der Waals surface area contributed by atoms with Crippen molar-refractivity contribution in [2.75, 3.05) is 5.32 Å². The molecular weight excluding hydrogens is 248 g/mol. The Hall–Kier alpha value is -1.95. The predicted molar refractivity (Wildman–Crippen MR) is 62.7 cm³/mol. The van der Waals surface area contributed by atoms with Gasteiger partial charge in [-0.2, -0.15) is 0 Å². The second-order valence-electron chi connectivity index (χ2n) is 4.89. The molecule has 2 fully saturated rings. The average Bonchev–Trinajstić information content (AvgIpc) is 2.99. The Morgan fingerprint density at radius 3 is 2.68 bits per heavy atom. The van der Waals surface area contributed by atoms with Gasteiger partial charge in [-0.25, -0.2) is 0 Å². The van der Waals surface area contributed by atoms with Crippen molar-refractivity contribution in [1.82, 2.24) is 4.98 Å². The first-order valence-corrected chi connectivity index (χ1v) is 6.24. The molecule has 100 valence electrons. The maximum atomic E-state index is 12.2. The highest BCUT2D eigenvalue weighted by atomic mass is 16.5. The van der Waals surface area contributed by atoms with Gasteiger partial charge in [0.15, 0.2) is 0 Å². The zero-order valence-corrected chi connectivity index (χ0v) is 10.1. The lowest BCUT2D eigenvalue weighted by atomic mass is 9.78. The molecule has 1 N–H and O–H groups in total. The number of hydrogen-bond donors (Lipinski definition) is 1. The smallest absolute Gasteiger partial charge is 0.230 e. The highest BCUT2D eigenvalue weighted by Gasteiger charge is 2.52. The van der Waals surface area contributed by atoms with Crippen LogP contribution in [0.5, 0.6) is 0 Å². The van der Waals surface area contributed by atoms with Gasteiger partial charge < -0.3 is 20.0 Å². The van der Waals surface area contributed by atoms with E-state index in [1.807, 2.05) is 0 Å². The fourth-order valence-electron chi connectivity index (χ4n) is 2.97. The number of rotatable bonds is 3. The summed E-state index contributed by atoms with van der Waals surface area (Å²) in [5.74, 6) is -3.08. The number of amides is 1. The number of nitrogens with one attached hydrogen (secondary N) is 1. The van der Waals surface area contributed by atoms with Crippen molar-refractivity contribution >= 4 is 17.6 Å². The van der Waals surface area contributed by atoms with Crippen LogP contribution in [-0.2, 0) is 14.3 Å². The highest BCUT2D eigenvalue weighted by molar-refractivity contribution is 5.95. The van der Waals surface area contributed by atoms with E-state index >= 15 is 0 Å². The van der Waals surface area contributed by atoms with Crippen molar-refractivity contribution in [3.05, 3.63) is 24.5 Å². The van der Waals surface area contributed by atoms with E-state index in [-0.39, 0.29) is 18.1 Å². The standard InChI is InChI=1S/C13H14N2O4/c16-12(15-7-2-1-5-14-6-7)10-8-3-4-9(19-8)11(10)13(17)18/h1-2,5-6,8-11H,3-4H2,(H,15,16)(H,17,18)/p-1/t8-,9+,10-,11-/m0/s1. The molecule has 6 nitrogen and oxygen atoms in total. The number of nitrogens with zero attached hydrogens (tertiary/aromatic N) is 1. The monoisotopic (exact) mass is 261 g/mol. The SMILES string of the molecule is O=C(Nc1cccnc1)[C@@H]1[C@@H](C(=O)[O-])[C@H]2CC[C@@H]1O2. The number of pyridine rings is 1. The van der Waals surface area contributed by atoms with Crippen LogP contribution in [0.25, 0.3) is 0 Å². The van der Waals surface area contributed by atoms with Gasteiger partial charge in [0, 0.05) is 18.1 Å². The molecule has 1 amide bonds. The van der Waals surface area contributed by atoms with Crippen LogP contribution in [0.1, 0.15) is 12.8 Å². The molecule has 4 atom stereocenters. The fraction of sp³-hybridized carbons (Fsp3) is 0.462. The minimum absolute atomic E-state index is 0.315. The number of aliphatic carboxylic acids is 1. The van der Waals surface area contributed by atoms with E-state index in [9.17, 15) is 14.7 Å². The molecule has 1 aromatic rings. The molecule has 0 radical (unpaired) electrons. The van der Waals surface area contributed by atoms with Crippen molar-refractivity contribution in [3.8, 4) is 0 Å². The van der Waals surface area contributed by atoms with Crippen LogP contribution in [0.2, 0.25) is 0 Å². The van der Waals surface area contributed by atoms with Crippen molar-refractivity contribution in [3.63, 3.8) is 0 Å². The average molecular weight is 261 g/mol. The van der Waals surface area contributed by atoms with Gasteiger partial charge in [-0.3, -0.25) is 9.78 Å². The molecule has 0 unspecified atom stereocenters. The molecule has 3 rings (SSSR count). The van der Waals surface area contributed by atoms with E-state index in [0.717, 1.165) is 6.42 Å². The van der Waals surface area contributed by atoms with Gasteiger partial charge in [0.1, 0.15) is 0 Å². The van der Waals surface area contributed by atoms with Gasteiger partial charge in [0.25, 0.3) is 0 Å². The maximum Gasteiger partial charge on any atom is 0.230 e. The Balaban J connectivity index is 1.77. The lowest BCUT2D eigenvalue weighted by Gasteiger charge is -2.27. The second kappa shape index (κ2) is 4.62. The molecule has 6 heteroatoms. The van der Waals surface area contributed by atoms with E-state index in [2.05, 4.69) is 10.3 Å². The zero-order chi connectivity index (χ0) is 13.4. The molecule has 2 aliphatic heterocycles. The number of anilines is 1. The number of aromatic nitrogens is 1. The molecule has 0 aliphatic carbocycles. The second-order valence-corrected chi connectivity index (χ2v) is 4.89. The van der Waals surface area contributed by atoms with Gasteiger partial charge in [-0.1, -0.05) is 0 Å². The van der Waals surface area contributed by atoms with E-state index < -0.39 is 17.8 Å². The summed E-state index contributed by atoms with van der Waals surface area (Å²) >= 11 is 0. The molecule has 1 aromatic heterocycles. The minimum Gasteiger partial charge on any atom is -0.550 e. The van der Waals surface area contributed by atoms with Gasteiger partial charge in [-0.15, -0.1) is 0 Å². The normalized spacial score (nSPS) is 32.2. The van der Waals surface area contributed by atoms with Crippen LogP contribution < -0.4 is 10.4 Å². The Bertz CT molecular complexity index is 505. The van der Waals surface area contributed by atoms with Crippen LogP contribution >= 0.6 is 0 Å². The Labute approximate surface area is 109 Å². The van der Waals surface area contributed by atoms with Crippen LogP contribution in [-0.4, -0.2) is 29.1 Å². The van der Waals surface area contributed by atoms with Crippen molar-refractivity contribution in [2.24, 2.45) is 11.8 Å². The summed E-state index contributed by atoms with van der Waals surface area (Å²) in [4.78, 5) is 27.3. The van der Waals surface area contributed by atoms with Crippen LogP contribution in [0.4, 0.5) is 5.69 Å². The molecule has 2 bridgehead atoms. The van der Waals surface area contributed by atoms with Crippen molar-refractivity contribution in [1.29, 1.82) is 0 Å². The van der Waals surface area contributed by atoms with E-state index in [4.69, 9.17) is 4.74 Å². The number of carbonyl (C=O) groups is 2. The van der Waals surface area contributed by atoms with Gasteiger partial charge >= 0.3 is 0 Å². The lowest BCUT2D eigenvalue weighted by molar-refractivity contribution is -0.313. The first-order valence-electron chi connectivity index (χ1n) is 6.24. The molecule has 2 saturated heterocycles. The van der Waals surface area contributed by atoms with E-state index in [1.165, 1.54) is 6.20 Å². The highest BCUT2D eigenvalue weighted by Crippen LogP contribution is 2.43. The summed E-state index contributed by atoms with van der Waals surface area (Å²) in [5.41, 5.74) is 0.548. The van der Waals surface area contributed by atoms with Gasteiger partial charge in [-0.05, 0) is 25.0 Å². The van der Waals surface area contributed by atoms with Crippen molar-refractivity contribution in [2.45, 2.75) is 25.0 Å². The molecule has 0 aromatic carbocycles. The molecule has 3 heterocycles. The quantitative estimate of drug-likeness (QED) is 0.796. The zero-order valence-electron chi connectivity index (χ0n) is 10.1. The first-order chi connectivity index (χ1) is 9.16. The van der Waals surface area contributed by atoms with Crippen LogP contribution in [0.15, 0.2) is 24.5 Å². The number of hydrogen-bond acceptors (Lipinski definition) is 5. The third-order valence-corrected chi connectivity index (χ3v) is 3.78. The molecular formula is C13H13N2O4-. The number of carbonyl (C=O) groups excluding carboxylic acids is 2. The lowest BCUT2D eigenvalue weighted by Crippen LogP contribution is -2.46. The van der Waals surface area contributed by atoms with Gasteiger partial charge in [0.05, 0.1) is 30.0 Å². The van der Waals surface area contributed by atoms with E-state index in [0.29, 0.717) is 12.1 Å². The number of ether oxygens (including phenoxy) is 1. The Morgan fingerprint density at radius 1 is 1.32 bits per heavy atom. The number of carboxylic acid groups (broad SMARTS) is 1. The summed E-state index contributed by atoms with van der Waals surface area (Å²) in [6.45, 7) is 0. The number of fused-ring (bicyclic) bond motifs is 2. The summed E-state index contributed by atoms with van der Waals surface area (Å²) in [6, 6.07) is 3.40. The molecule has 19 heavy (non-hydrogen) atoms. The Morgan fingerprint density at radius 2 is 2.05 bits per heavy atom. The van der Waals surface area contributed by atoms with Gasteiger partial charge in [0.2, 0.25) is 5.91 Å². The van der Waals surface area contributed by atoms with Crippen LogP contribution in [0.3, 0.4) is 0 Å².